The number of esters is 1. The van der Waals surface area contributed by atoms with Crippen molar-refractivity contribution < 1.29 is 9.53 Å². The van der Waals surface area contributed by atoms with Gasteiger partial charge in [-0.25, -0.2) is 0 Å². The molecule has 0 N–H and O–H groups in total. The number of hydrogen-bond donors (Lipinski definition) is 0. The van der Waals surface area contributed by atoms with Gasteiger partial charge in [-0.05, 0) is 24.5 Å². The van der Waals surface area contributed by atoms with Crippen molar-refractivity contribution in [3.8, 4) is 0 Å². The predicted molar refractivity (Wildman–Crippen MR) is 95.0 cm³/mol. The van der Waals surface area contributed by atoms with Gasteiger partial charge in [0.15, 0.2) is 0 Å². The van der Waals surface area contributed by atoms with Crippen LogP contribution in [0.5, 0.6) is 0 Å². The number of thioether (sulfide) groups is 1. The highest BCUT2D eigenvalue weighted by molar-refractivity contribution is 7.99. The Morgan fingerprint density at radius 1 is 0.952 bits per heavy atom. The van der Waals surface area contributed by atoms with E-state index in [4.69, 9.17) is 4.74 Å². The Hall–Kier alpha value is -0.180. The molecule has 0 aromatic carbocycles. The maximum atomic E-state index is 11.7. The summed E-state index contributed by atoms with van der Waals surface area (Å²) < 4.78 is 5.39. The Morgan fingerprint density at radius 2 is 1.62 bits per heavy atom. The van der Waals surface area contributed by atoms with Crippen LogP contribution in [0.4, 0.5) is 0 Å². The van der Waals surface area contributed by atoms with Gasteiger partial charge in [0.05, 0.1) is 12.4 Å². The molecule has 0 saturated heterocycles. The fourth-order valence-electron chi connectivity index (χ4n) is 2.29. The molecule has 0 saturated carbocycles. The summed E-state index contributed by atoms with van der Waals surface area (Å²) in [6.45, 7) is 7.25. The number of carbonyl (C=O) groups excluding carboxylic acids is 1. The second-order valence-corrected chi connectivity index (χ2v) is 7.03. The lowest BCUT2D eigenvalue weighted by Gasteiger charge is -2.14. The number of carbonyl (C=O) groups is 1. The maximum absolute atomic E-state index is 11.7. The Balaban J connectivity index is 3.40. The third kappa shape index (κ3) is 14.5. The van der Waals surface area contributed by atoms with Crippen molar-refractivity contribution in [2.45, 2.75) is 85.0 Å². The van der Waals surface area contributed by atoms with Crippen molar-refractivity contribution >= 4 is 17.7 Å². The van der Waals surface area contributed by atoms with Crippen LogP contribution < -0.4 is 0 Å². The third-order valence-electron chi connectivity index (χ3n) is 3.89. The molecule has 0 bridgehead atoms. The normalized spacial score (nSPS) is 12.3. The van der Waals surface area contributed by atoms with Gasteiger partial charge in [0.25, 0.3) is 0 Å². The molecule has 0 amide bonds. The number of unbranched alkanes of at least 4 members (excludes halogenated alkanes) is 6. The Kier molecular flexibility index (Phi) is 16.1. The van der Waals surface area contributed by atoms with Crippen molar-refractivity contribution in [2.75, 3.05) is 18.1 Å². The Labute approximate surface area is 136 Å². The van der Waals surface area contributed by atoms with Gasteiger partial charge in [0, 0.05) is 0 Å². The summed E-state index contributed by atoms with van der Waals surface area (Å²) in [5.41, 5.74) is 0. The summed E-state index contributed by atoms with van der Waals surface area (Å²) in [6.07, 6.45) is 12.7. The lowest BCUT2D eigenvalue weighted by Crippen LogP contribution is -2.15. The average molecular weight is 317 g/mol. The van der Waals surface area contributed by atoms with Gasteiger partial charge in [-0.15, -0.1) is 0 Å². The number of ether oxygens (including phenoxy) is 1. The van der Waals surface area contributed by atoms with Crippen LogP contribution in [0.2, 0.25) is 0 Å². The second kappa shape index (κ2) is 16.2. The monoisotopic (exact) mass is 316 g/mol. The van der Waals surface area contributed by atoms with Gasteiger partial charge in [-0.2, -0.15) is 11.8 Å². The van der Waals surface area contributed by atoms with E-state index in [1.807, 2.05) is 0 Å². The van der Waals surface area contributed by atoms with E-state index in [-0.39, 0.29) is 5.97 Å². The zero-order valence-corrected chi connectivity index (χ0v) is 15.3. The van der Waals surface area contributed by atoms with Gasteiger partial charge in [-0.1, -0.05) is 72.1 Å². The van der Waals surface area contributed by atoms with Gasteiger partial charge in [0.1, 0.15) is 0 Å². The minimum atomic E-state index is -0.0269. The molecule has 0 aromatic rings. The fraction of sp³-hybridized carbons (Fsp3) is 0.944. The molecule has 126 valence electrons. The van der Waals surface area contributed by atoms with Crippen molar-refractivity contribution in [2.24, 2.45) is 5.92 Å². The van der Waals surface area contributed by atoms with Crippen LogP contribution in [0.25, 0.3) is 0 Å². The molecule has 0 heterocycles. The highest BCUT2D eigenvalue weighted by Crippen LogP contribution is 2.14. The highest BCUT2D eigenvalue weighted by atomic mass is 32.2. The molecule has 0 aliphatic carbocycles. The first kappa shape index (κ1) is 20.8. The maximum Gasteiger partial charge on any atom is 0.315 e. The van der Waals surface area contributed by atoms with Gasteiger partial charge in [-0.3, -0.25) is 4.79 Å². The molecule has 0 fully saturated rings. The fourth-order valence-corrected chi connectivity index (χ4v) is 3.09. The molecule has 1 atom stereocenters. The molecule has 21 heavy (non-hydrogen) atoms. The summed E-state index contributed by atoms with van der Waals surface area (Å²) in [5.74, 6) is 2.14. The predicted octanol–water partition coefficient (Wildman–Crippen LogP) is 5.84. The molecule has 0 radical (unpaired) electrons. The van der Waals surface area contributed by atoms with Gasteiger partial charge >= 0.3 is 5.97 Å². The van der Waals surface area contributed by atoms with Crippen LogP contribution >= 0.6 is 11.8 Å². The first-order chi connectivity index (χ1) is 10.2. The van der Waals surface area contributed by atoms with Gasteiger partial charge < -0.3 is 4.74 Å². The van der Waals surface area contributed by atoms with Crippen molar-refractivity contribution in [1.29, 1.82) is 0 Å². The van der Waals surface area contributed by atoms with Crippen molar-refractivity contribution in [1.82, 2.24) is 0 Å². The summed E-state index contributed by atoms with van der Waals surface area (Å²) in [7, 11) is 0. The molecule has 0 rings (SSSR count). The van der Waals surface area contributed by atoms with Crippen molar-refractivity contribution in [3.05, 3.63) is 0 Å². The second-order valence-electron chi connectivity index (χ2n) is 5.92. The molecule has 0 aliphatic heterocycles. The third-order valence-corrected chi connectivity index (χ3v) is 4.90. The van der Waals surface area contributed by atoms with E-state index >= 15 is 0 Å². The van der Waals surface area contributed by atoms with E-state index in [0.29, 0.717) is 18.3 Å². The molecule has 0 aromatic heterocycles. The van der Waals surface area contributed by atoms with E-state index in [9.17, 15) is 4.79 Å². The van der Waals surface area contributed by atoms with E-state index in [1.54, 1.807) is 11.8 Å². The van der Waals surface area contributed by atoms with Crippen LogP contribution in [0.15, 0.2) is 0 Å². The van der Waals surface area contributed by atoms with E-state index in [0.717, 1.165) is 12.2 Å². The highest BCUT2D eigenvalue weighted by Gasteiger charge is 2.09. The van der Waals surface area contributed by atoms with E-state index in [1.165, 1.54) is 57.8 Å². The molecule has 1 unspecified atom stereocenters. The zero-order chi connectivity index (χ0) is 15.8. The van der Waals surface area contributed by atoms with Gasteiger partial charge in [0.2, 0.25) is 0 Å². The minimum absolute atomic E-state index is 0.0269. The SMILES string of the molecule is CCCCCCCCSCC(=O)OCC(CC)CCCC. The van der Waals surface area contributed by atoms with Crippen LogP contribution in [0, 0.1) is 5.92 Å². The molecule has 3 heteroatoms. The van der Waals surface area contributed by atoms with Crippen LogP contribution in [-0.4, -0.2) is 24.1 Å². The molecular formula is C18H36O2S. The largest absolute Gasteiger partial charge is 0.465 e. The average Bonchev–Trinajstić information content (AvgIpc) is 2.50. The van der Waals surface area contributed by atoms with E-state index in [2.05, 4.69) is 20.8 Å². The lowest BCUT2D eigenvalue weighted by molar-refractivity contribution is -0.141. The summed E-state index contributed by atoms with van der Waals surface area (Å²) in [6, 6.07) is 0. The molecule has 0 aliphatic rings. The standard InChI is InChI=1S/C18H36O2S/c1-4-7-9-10-11-12-14-21-16-18(19)20-15-17(6-3)13-8-5-2/h17H,4-16H2,1-3H3. The molecule has 0 spiro atoms. The smallest absolute Gasteiger partial charge is 0.315 e. The molecular weight excluding hydrogens is 280 g/mol. The van der Waals surface area contributed by atoms with Crippen molar-refractivity contribution in [3.63, 3.8) is 0 Å². The lowest BCUT2D eigenvalue weighted by atomic mass is 10.0. The summed E-state index contributed by atoms with van der Waals surface area (Å²) in [5, 5.41) is 0. The van der Waals surface area contributed by atoms with Crippen LogP contribution in [0.1, 0.15) is 85.0 Å². The first-order valence-corrected chi connectivity index (χ1v) is 10.1. The Bertz CT molecular complexity index is 231. The minimum Gasteiger partial charge on any atom is -0.465 e. The topological polar surface area (TPSA) is 26.3 Å². The number of hydrogen-bond acceptors (Lipinski definition) is 3. The zero-order valence-electron chi connectivity index (χ0n) is 14.5. The molecule has 2 nitrogen and oxygen atoms in total. The summed E-state index contributed by atoms with van der Waals surface area (Å²) >= 11 is 1.73. The summed E-state index contributed by atoms with van der Waals surface area (Å²) in [4.78, 5) is 11.7. The van der Waals surface area contributed by atoms with E-state index < -0.39 is 0 Å². The van der Waals surface area contributed by atoms with Crippen LogP contribution in [0.3, 0.4) is 0 Å². The first-order valence-electron chi connectivity index (χ1n) is 8.97. The van der Waals surface area contributed by atoms with Crippen LogP contribution in [-0.2, 0) is 9.53 Å². The number of rotatable bonds is 15. The Morgan fingerprint density at radius 3 is 2.29 bits per heavy atom. The quantitative estimate of drug-likeness (QED) is 0.280.